The lowest BCUT2D eigenvalue weighted by Gasteiger charge is -2.26. The molecule has 7 nitrogen and oxygen atoms in total. The molecule has 220 valence electrons. The molecular formula is C37H27N3O4S. The van der Waals surface area contributed by atoms with E-state index < -0.39 is 5.97 Å². The molecule has 0 bridgehead atoms. The fourth-order valence-electron chi connectivity index (χ4n) is 4.97. The number of rotatable bonds is 9. The zero-order chi connectivity index (χ0) is 31.3. The highest BCUT2D eigenvalue weighted by Gasteiger charge is 2.15. The van der Waals surface area contributed by atoms with Crippen molar-refractivity contribution in [3.8, 4) is 39.3 Å². The minimum absolute atomic E-state index is 0.302. The molecule has 5 aromatic carbocycles. The number of ether oxygens (including phenoxy) is 2. The molecule has 1 aromatic heterocycles. The maximum Gasteiger partial charge on any atom is 0.346 e. The van der Waals surface area contributed by atoms with Gasteiger partial charge in [-0.3, -0.25) is 0 Å². The SMILES string of the molecule is COc1ccc(N(c2ccc(OC)cc2)c2ccc(-c3nc4ccc(-c5ccc(C=C(C#N)C(=O)O)cc5)cc4s3)cc2)cc1. The number of anilines is 3. The Kier molecular flexibility index (Phi) is 8.27. The monoisotopic (exact) mass is 609 g/mol. The number of aliphatic carboxylic acids is 1. The van der Waals surface area contributed by atoms with Crippen molar-refractivity contribution in [1.82, 2.24) is 4.98 Å². The average molecular weight is 610 g/mol. The molecule has 0 aliphatic heterocycles. The number of thiazole rings is 1. The highest BCUT2D eigenvalue weighted by atomic mass is 32.1. The van der Waals surface area contributed by atoms with Gasteiger partial charge in [0.2, 0.25) is 0 Å². The fraction of sp³-hybridized carbons (Fsp3) is 0.0541. The molecule has 0 radical (unpaired) electrons. The van der Waals surface area contributed by atoms with E-state index in [0.29, 0.717) is 5.56 Å². The van der Waals surface area contributed by atoms with E-state index in [1.165, 1.54) is 6.08 Å². The molecule has 0 spiro atoms. The van der Waals surface area contributed by atoms with Gasteiger partial charge in [-0.2, -0.15) is 5.26 Å². The highest BCUT2D eigenvalue weighted by Crippen LogP contribution is 2.38. The smallest absolute Gasteiger partial charge is 0.346 e. The molecule has 0 saturated carbocycles. The number of benzene rings is 5. The van der Waals surface area contributed by atoms with Gasteiger partial charge in [0.15, 0.2) is 0 Å². The van der Waals surface area contributed by atoms with Gasteiger partial charge in [0, 0.05) is 22.6 Å². The molecule has 1 heterocycles. The first-order valence-corrected chi connectivity index (χ1v) is 14.8. The number of carboxylic acid groups (broad SMARTS) is 1. The lowest BCUT2D eigenvalue weighted by molar-refractivity contribution is -0.132. The number of nitriles is 1. The number of carboxylic acids is 1. The Balaban J connectivity index is 1.28. The second-order valence-electron chi connectivity index (χ2n) is 10.1. The number of nitrogens with zero attached hydrogens (tertiary/aromatic N) is 3. The lowest BCUT2D eigenvalue weighted by Crippen LogP contribution is -2.09. The van der Waals surface area contributed by atoms with E-state index in [2.05, 4.69) is 35.2 Å². The molecular weight excluding hydrogens is 582 g/mol. The first-order valence-electron chi connectivity index (χ1n) is 14.0. The third kappa shape index (κ3) is 6.25. The average Bonchev–Trinajstić information content (AvgIpc) is 3.52. The molecule has 0 fully saturated rings. The number of carbonyl (C=O) groups is 1. The molecule has 6 aromatic rings. The summed E-state index contributed by atoms with van der Waals surface area (Å²) >= 11 is 1.63. The zero-order valence-corrected chi connectivity index (χ0v) is 25.3. The van der Waals surface area contributed by atoms with Crippen molar-refractivity contribution in [2.45, 2.75) is 0 Å². The van der Waals surface area contributed by atoms with Crippen LogP contribution in [0.4, 0.5) is 17.1 Å². The van der Waals surface area contributed by atoms with Crippen LogP contribution in [0.3, 0.4) is 0 Å². The van der Waals surface area contributed by atoms with Gasteiger partial charge < -0.3 is 19.5 Å². The summed E-state index contributed by atoms with van der Waals surface area (Å²) in [6, 6.07) is 39.6. The largest absolute Gasteiger partial charge is 0.497 e. The van der Waals surface area contributed by atoms with Gasteiger partial charge in [0.05, 0.1) is 24.4 Å². The van der Waals surface area contributed by atoms with Crippen LogP contribution in [-0.2, 0) is 4.79 Å². The van der Waals surface area contributed by atoms with Gasteiger partial charge in [0.1, 0.15) is 28.1 Å². The Morgan fingerprint density at radius 3 is 1.78 bits per heavy atom. The Hall–Kier alpha value is -5.91. The second-order valence-corrected chi connectivity index (χ2v) is 11.1. The van der Waals surface area contributed by atoms with Crippen molar-refractivity contribution in [3.63, 3.8) is 0 Å². The third-order valence-corrected chi connectivity index (χ3v) is 8.40. The Labute approximate surface area is 264 Å². The molecule has 6 rings (SSSR count). The van der Waals surface area contributed by atoms with Crippen molar-refractivity contribution in [3.05, 3.63) is 126 Å². The minimum Gasteiger partial charge on any atom is -0.497 e. The van der Waals surface area contributed by atoms with Gasteiger partial charge in [-0.15, -0.1) is 11.3 Å². The Bertz CT molecular complexity index is 1990. The predicted molar refractivity (Wildman–Crippen MR) is 180 cm³/mol. The van der Waals surface area contributed by atoms with E-state index in [1.54, 1.807) is 43.8 Å². The maximum absolute atomic E-state index is 11.2. The standard InChI is InChI=1S/C37H27N3O4S/c1-43-32-16-12-30(13-17-32)40(31-14-18-33(44-2)19-15-31)29-10-7-26(8-11-29)36-39-34-20-9-27(22-35(34)45-36)25-5-3-24(4-6-25)21-28(23-38)37(41)42/h3-22H,1-2H3,(H,41,42). The molecule has 0 saturated heterocycles. The van der Waals surface area contributed by atoms with Crippen molar-refractivity contribution in [1.29, 1.82) is 5.26 Å². The first kappa shape index (κ1) is 29.2. The summed E-state index contributed by atoms with van der Waals surface area (Å²) in [5.74, 6) is 0.346. The van der Waals surface area contributed by atoms with Crippen LogP contribution in [0.15, 0.2) is 121 Å². The quantitative estimate of drug-likeness (QED) is 0.129. The van der Waals surface area contributed by atoms with E-state index in [9.17, 15) is 4.79 Å². The van der Waals surface area contributed by atoms with Gasteiger partial charge in [-0.1, -0.05) is 30.3 Å². The van der Waals surface area contributed by atoms with Crippen LogP contribution < -0.4 is 14.4 Å². The molecule has 0 atom stereocenters. The van der Waals surface area contributed by atoms with Crippen LogP contribution in [-0.4, -0.2) is 30.3 Å². The molecule has 0 amide bonds. The van der Waals surface area contributed by atoms with Crippen LogP contribution in [0.5, 0.6) is 11.5 Å². The van der Waals surface area contributed by atoms with E-state index in [4.69, 9.17) is 24.8 Å². The Morgan fingerprint density at radius 2 is 1.27 bits per heavy atom. The van der Waals surface area contributed by atoms with Gasteiger partial charge in [-0.25, -0.2) is 9.78 Å². The maximum atomic E-state index is 11.2. The summed E-state index contributed by atoms with van der Waals surface area (Å²) in [7, 11) is 3.32. The summed E-state index contributed by atoms with van der Waals surface area (Å²) in [6.45, 7) is 0. The summed E-state index contributed by atoms with van der Waals surface area (Å²) in [5, 5.41) is 19.1. The van der Waals surface area contributed by atoms with Crippen molar-refractivity contribution < 1.29 is 19.4 Å². The topological polar surface area (TPSA) is 95.7 Å². The van der Waals surface area contributed by atoms with Crippen LogP contribution in [0.2, 0.25) is 0 Å². The van der Waals surface area contributed by atoms with Crippen molar-refractivity contribution in [2.24, 2.45) is 0 Å². The van der Waals surface area contributed by atoms with Gasteiger partial charge in [0.25, 0.3) is 0 Å². The molecule has 0 aliphatic rings. The van der Waals surface area contributed by atoms with Crippen molar-refractivity contribution >= 4 is 50.7 Å². The summed E-state index contributed by atoms with van der Waals surface area (Å²) in [4.78, 5) is 18.2. The van der Waals surface area contributed by atoms with Crippen LogP contribution in [0.1, 0.15) is 5.56 Å². The summed E-state index contributed by atoms with van der Waals surface area (Å²) in [5.41, 5.74) is 7.30. The van der Waals surface area contributed by atoms with Crippen LogP contribution in [0, 0.1) is 11.3 Å². The molecule has 45 heavy (non-hydrogen) atoms. The molecule has 0 unspecified atom stereocenters. The zero-order valence-electron chi connectivity index (χ0n) is 24.5. The predicted octanol–water partition coefficient (Wildman–Crippen LogP) is 9.11. The highest BCUT2D eigenvalue weighted by molar-refractivity contribution is 7.21. The second kappa shape index (κ2) is 12.8. The van der Waals surface area contributed by atoms with E-state index in [1.807, 2.05) is 72.8 Å². The first-order chi connectivity index (χ1) is 21.9. The summed E-state index contributed by atoms with van der Waals surface area (Å²) < 4.78 is 11.8. The number of hydrogen-bond donors (Lipinski definition) is 1. The molecule has 1 N–H and O–H groups in total. The van der Waals surface area contributed by atoms with Gasteiger partial charge in [-0.05, 0) is 108 Å². The molecule has 0 aliphatic carbocycles. The van der Waals surface area contributed by atoms with E-state index in [-0.39, 0.29) is 5.57 Å². The summed E-state index contributed by atoms with van der Waals surface area (Å²) in [6.07, 6.45) is 1.36. The van der Waals surface area contributed by atoms with Crippen LogP contribution >= 0.6 is 11.3 Å². The lowest BCUT2D eigenvalue weighted by atomic mass is 10.0. The fourth-order valence-corrected chi connectivity index (χ4v) is 5.98. The van der Waals surface area contributed by atoms with Crippen LogP contribution in [0.25, 0.3) is 38.0 Å². The minimum atomic E-state index is -1.24. The van der Waals surface area contributed by atoms with E-state index in [0.717, 1.165) is 60.5 Å². The Morgan fingerprint density at radius 1 is 0.756 bits per heavy atom. The number of methoxy groups -OCH3 is 2. The van der Waals surface area contributed by atoms with E-state index >= 15 is 0 Å². The molecule has 8 heteroatoms. The van der Waals surface area contributed by atoms with Gasteiger partial charge >= 0.3 is 5.97 Å². The van der Waals surface area contributed by atoms with Crippen molar-refractivity contribution in [2.75, 3.05) is 19.1 Å². The number of hydrogen-bond acceptors (Lipinski definition) is 7. The normalized spacial score (nSPS) is 11.2. The number of fused-ring (bicyclic) bond motifs is 1. The number of aromatic nitrogens is 1. The third-order valence-electron chi connectivity index (χ3n) is 7.33.